The first-order chi connectivity index (χ1) is 27.0. The standard InChI is InChI=1S/C42H46F2N6O6/c1-27(2)25-53-37-15-9-31(23-35(37)43)21-29-5-11-33(12-6-29)47-41-45-17-19-49(41)55-39(51)40(52)56-50-20-18-46-42(50)48-34-13-7-30(8-14-34)22-32-10-16-38(36(44)24-32)54-26-28(3)4/h5-16,23-24,27-28H,17-22,25-26H2,1-4H3,(H,45,47)(H,46,48). The predicted octanol–water partition coefficient (Wildman–Crippen LogP) is 7.00. The van der Waals surface area contributed by atoms with Crippen LogP contribution in [0.25, 0.3) is 0 Å². The molecule has 0 amide bonds. The molecule has 56 heavy (non-hydrogen) atoms. The molecule has 0 bridgehead atoms. The highest BCUT2D eigenvalue weighted by atomic mass is 19.1. The molecule has 0 aromatic heterocycles. The summed E-state index contributed by atoms with van der Waals surface area (Å²) in [5.74, 6) is -1.66. The first-order valence-corrected chi connectivity index (χ1v) is 18.6. The summed E-state index contributed by atoms with van der Waals surface area (Å²) in [4.78, 5) is 45.0. The molecule has 0 fully saturated rings. The molecular weight excluding hydrogens is 722 g/mol. The summed E-state index contributed by atoms with van der Waals surface area (Å²) in [7, 11) is 0. The number of rotatable bonds is 14. The van der Waals surface area contributed by atoms with E-state index in [1.54, 1.807) is 12.1 Å². The van der Waals surface area contributed by atoms with Crippen molar-refractivity contribution in [1.82, 2.24) is 10.1 Å². The zero-order valence-corrected chi connectivity index (χ0v) is 31.9. The number of hydrogen-bond donors (Lipinski definition) is 2. The first kappa shape index (κ1) is 39.5. The lowest BCUT2D eigenvalue weighted by atomic mass is 10.0. The molecule has 0 aliphatic carbocycles. The second-order valence-corrected chi connectivity index (χ2v) is 14.3. The largest absolute Gasteiger partial charge is 0.490 e. The van der Waals surface area contributed by atoms with Gasteiger partial charge in [0.2, 0.25) is 11.9 Å². The zero-order valence-electron chi connectivity index (χ0n) is 31.9. The lowest BCUT2D eigenvalue weighted by Crippen LogP contribution is -2.41. The van der Waals surface area contributed by atoms with Crippen molar-refractivity contribution in [3.63, 3.8) is 0 Å². The van der Waals surface area contributed by atoms with Gasteiger partial charge in [0.1, 0.15) is 0 Å². The Bertz CT molecular complexity index is 1910. The van der Waals surface area contributed by atoms with Crippen LogP contribution in [-0.4, -0.2) is 73.4 Å². The number of nitrogens with one attached hydrogen (secondary N) is 2. The minimum Gasteiger partial charge on any atom is -0.490 e. The highest BCUT2D eigenvalue weighted by Crippen LogP contribution is 2.24. The molecule has 2 N–H and O–H groups in total. The summed E-state index contributed by atoms with van der Waals surface area (Å²) >= 11 is 0. The van der Waals surface area contributed by atoms with Gasteiger partial charge < -0.3 is 29.8 Å². The Morgan fingerprint density at radius 1 is 0.607 bits per heavy atom. The van der Waals surface area contributed by atoms with E-state index in [2.05, 4.69) is 20.6 Å². The zero-order chi connectivity index (χ0) is 39.6. The van der Waals surface area contributed by atoms with Crippen molar-refractivity contribution in [3.05, 3.63) is 119 Å². The fourth-order valence-corrected chi connectivity index (χ4v) is 5.72. The number of anilines is 2. The van der Waals surface area contributed by atoms with Crippen molar-refractivity contribution in [2.24, 2.45) is 21.8 Å². The van der Waals surface area contributed by atoms with Crippen LogP contribution in [0.15, 0.2) is 94.9 Å². The maximum atomic E-state index is 14.5. The van der Waals surface area contributed by atoms with Gasteiger partial charge in [-0.2, -0.15) is 10.1 Å². The number of carbonyl (C=O) groups excluding carboxylic acids is 2. The van der Waals surface area contributed by atoms with Crippen molar-refractivity contribution in [1.29, 1.82) is 0 Å². The third-order valence-corrected chi connectivity index (χ3v) is 8.53. The van der Waals surface area contributed by atoms with Crippen LogP contribution in [0.4, 0.5) is 20.2 Å². The van der Waals surface area contributed by atoms with E-state index in [0.29, 0.717) is 62.4 Å². The van der Waals surface area contributed by atoms with E-state index in [9.17, 15) is 18.4 Å². The SMILES string of the molecule is CC(C)COc1ccc(Cc2ccc(NC3=NCCN3OC(=O)C(=O)ON3CCN=C3Nc3ccc(Cc4ccc(OCC(C)C)c(F)c4)cc3)cc2)cc1F. The smallest absolute Gasteiger partial charge is 0.444 e. The van der Waals surface area contributed by atoms with Gasteiger partial charge in [0.25, 0.3) is 0 Å². The van der Waals surface area contributed by atoms with Crippen molar-refractivity contribution in [2.45, 2.75) is 40.5 Å². The fourth-order valence-electron chi connectivity index (χ4n) is 5.72. The second-order valence-electron chi connectivity index (χ2n) is 14.3. The summed E-state index contributed by atoms with van der Waals surface area (Å²) in [6.45, 7) is 10.1. The number of hydroxylamine groups is 4. The van der Waals surface area contributed by atoms with Crippen molar-refractivity contribution in [2.75, 3.05) is 50.0 Å². The second kappa shape index (κ2) is 18.4. The molecule has 6 rings (SSSR count). The summed E-state index contributed by atoms with van der Waals surface area (Å²) in [6.07, 6.45) is 1.04. The van der Waals surface area contributed by atoms with Crippen LogP contribution in [0, 0.1) is 23.5 Å². The Morgan fingerprint density at radius 2 is 0.982 bits per heavy atom. The van der Waals surface area contributed by atoms with Crippen LogP contribution >= 0.6 is 0 Å². The Labute approximate surface area is 325 Å². The molecule has 12 nitrogen and oxygen atoms in total. The lowest BCUT2D eigenvalue weighted by Gasteiger charge is -2.21. The van der Waals surface area contributed by atoms with Crippen LogP contribution < -0.4 is 20.1 Å². The van der Waals surface area contributed by atoms with Gasteiger partial charge in [-0.15, -0.1) is 0 Å². The molecule has 4 aromatic carbocycles. The van der Waals surface area contributed by atoms with Gasteiger partial charge in [-0.3, -0.25) is 0 Å². The number of guanidine groups is 2. The average molecular weight is 769 g/mol. The highest BCUT2D eigenvalue weighted by molar-refractivity contribution is 6.30. The van der Waals surface area contributed by atoms with Crippen molar-refractivity contribution in [3.8, 4) is 11.5 Å². The van der Waals surface area contributed by atoms with E-state index < -0.39 is 23.6 Å². The van der Waals surface area contributed by atoms with Gasteiger partial charge in [-0.25, -0.2) is 28.4 Å². The van der Waals surface area contributed by atoms with Crippen LogP contribution in [0.2, 0.25) is 0 Å². The normalized spacial score (nSPS) is 13.8. The molecular formula is C42H46F2N6O6. The molecule has 0 spiro atoms. The first-order valence-electron chi connectivity index (χ1n) is 18.6. The van der Waals surface area contributed by atoms with Crippen molar-refractivity contribution >= 4 is 35.2 Å². The quantitative estimate of drug-likeness (QED) is 0.130. The topological polar surface area (TPSA) is 126 Å². The van der Waals surface area contributed by atoms with Gasteiger partial charge in [0.15, 0.2) is 23.1 Å². The summed E-state index contributed by atoms with van der Waals surface area (Å²) in [5, 5.41) is 8.62. The van der Waals surface area contributed by atoms with Gasteiger partial charge in [0.05, 0.1) is 39.4 Å². The average Bonchev–Trinajstić information content (AvgIpc) is 3.80. The summed E-state index contributed by atoms with van der Waals surface area (Å²) < 4.78 is 40.1. The van der Waals surface area contributed by atoms with Crippen LogP contribution in [0.1, 0.15) is 49.9 Å². The number of ether oxygens (including phenoxy) is 2. The van der Waals surface area contributed by atoms with Crippen molar-refractivity contribution < 1.29 is 37.5 Å². The number of halogens is 2. The van der Waals surface area contributed by atoms with Gasteiger partial charge in [-0.1, -0.05) is 64.1 Å². The summed E-state index contributed by atoms with van der Waals surface area (Å²) in [5.41, 5.74) is 4.89. The Balaban J connectivity index is 0.954. The van der Waals surface area contributed by atoms with Gasteiger partial charge in [0, 0.05) is 11.4 Å². The van der Waals surface area contributed by atoms with E-state index in [4.69, 9.17) is 19.1 Å². The van der Waals surface area contributed by atoms with Crippen LogP contribution in [0.3, 0.4) is 0 Å². The Hall–Kier alpha value is -6.18. The molecule has 0 unspecified atom stereocenters. The minimum atomic E-state index is -1.23. The molecule has 2 heterocycles. The van der Waals surface area contributed by atoms with E-state index in [1.807, 2.05) is 88.4 Å². The lowest BCUT2D eigenvalue weighted by molar-refractivity contribution is -0.198. The maximum absolute atomic E-state index is 14.5. The minimum absolute atomic E-state index is 0.239. The highest BCUT2D eigenvalue weighted by Gasteiger charge is 2.31. The Morgan fingerprint density at radius 3 is 1.34 bits per heavy atom. The Kier molecular flexibility index (Phi) is 13.0. The van der Waals surface area contributed by atoms with E-state index in [1.165, 1.54) is 22.3 Å². The van der Waals surface area contributed by atoms with Crippen LogP contribution in [0.5, 0.6) is 11.5 Å². The monoisotopic (exact) mass is 768 g/mol. The van der Waals surface area contributed by atoms with E-state index in [0.717, 1.165) is 22.3 Å². The molecule has 2 aliphatic rings. The molecule has 0 saturated carbocycles. The van der Waals surface area contributed by atoms with Crippen LogP contribution in [-0.2, 0) is 32.1 Å². The number of nitrogens with zero attached hydrogens (tertiary/aromatic N) is 4. The maximum Gasteiger partial charge on any atom is 0.444 e. The molecule has 4 aromatic rings. The molecule has 294 valence electrons. The summed E-state index contributed by atoms with van der Waals surface area (Å²) in [6, 6.07) is 24.9. The van der Waals surface area contributed by atoms with E-state index in [-0.39, 0.29) is 36.5 Å². The molecule has 14 heteroatoms. The van der Waals surface area contributed by atoms with E-state index >= 15 is 0 Å². The third-order valence-electron chi connectivity index (χ3n) is 8.53. The third kappa shape index (κ3) is 11.0. The predicted molar refractivity (Wildman–Crippen MR) is 209 cm³/mol. The number of hydrogen-bond acceptors (Lipinski definition) is 12. The molecule has 0 atom stereocenters. The van der Waals surface area contributed by atoms with Gasteiger partial charge >= 0.3 is 11.9 Å². The molecule has 0 radical (unpaired) electrons. The molecule has 0 saturated heterocycles. The van der Waals surface area contributed by atoms with Gasteiger partial charge in [-0.05, 0) is 95.5 Å². The number of aliphatic imine (C=N–C) groups is 2. The number of carbonyl (C=O) groups is 2. The molecule has 2 aliphatic heterocycles. The number of benzene rings is 4. The fraction of sp³-hybridized carbons (Fsp3) is 0.333.